The lowest BCUT2D eigenvalue weighted by Gasteiger charge is -2.29. The maximum atomic E-state index is 12.6. The van der Waals surface area contributed by atoms with Gasteiger partial charge in [-0.2, -0.15) is 0 Å². The van der Waals surface area contributed by atoms with Crippen molar-refractivity contribution in [1.29, 1.82) is 0 Å². The maximum absolute atomic E-state index is 12.6. The molecule has 0 saturated carbocycles. The fourth-order valence-electron chi connectivity index (χ4n) is 6.86. The number of unbranched alkanes of at least 4 members (excludes halogenated alkanes) is 14. The van der Waals surface area contributed by atoms with Crippen LogP contribution >= 0.6 is 11.6 Å². The van der Waals surface area contributed by atoms with E-state index in [2.05, 4.69) is 38.2 Å². The van der Waals surface area contributed by atoms with Crippen molar-refractivity contribution < 1.29 is 18.8 Å². The van der Waals surface area contributed by atoms with Crippen molar-refractivity contribution in [2.24, 2.45) is 0 Å². The summed E-state index contributed by atoms with van der Waals surface area (Å²) in [5.74, 6) is 2.31. The Balaban J connectivity index is 1.11. The van der Waals surface area contributed by atoms with Gasteiger partial charge in [0.15, 0.2) is 0 Å². The first-order valence-corrected chi connectivity index (χ1v) is 16.9. The number of benzene rings is 2. The minimum Gasteiger partial charge on any atom is -0.457 e. The summed E-state index contributed by atoms with van der Waals surface area (Å²) in [6, 6.07) is 14.3. The zero-order valence-corrected chi connectivity index (χ0v) is 26.4. The summed E-state index contributed by atoms with van der Waals surface area (Å²) in [5.41, 5.74) is 2.39. The SMILES string of the molecule is CCCCCCCCCCCCCCCCCC(=O)OC[N+]1(C)CC2c3cc(Cl)ccc3Oc3ccccc3[C@@H]2C1. The van der Waals surface area contributed by atoms with Crippen molar-refractivity contribution in [3.05, 3.63) is 58.6 Å². The first kappa shape index (κ1) is 31.9. The van der Waals surface area contributed by atoms with Crippen LogP contribution in [-0.2, 0) is 9.53 Å². The van der Waals surface area contributed by atoms with Crippen LogP contribution in [0, 0.1) is 0 Å². The zero-order valence-electron chi connectivity index (χ0n) is 25.7. The number of rotatable bonds is 18. The number of hydrogen-bond acceptors (Lipinski definition) is 3. The first-order chi connectivity index (χ1) is 20.0. The summed E-state index contributed by atoms with van der Waals surface area (Å²) >= 11 is 6.41. The first-order valence-electron chi connectivity index (χ1n) is 16.5. The summed E-state index contributed by atoms with van der Waals surface area (Å²) in [4.78, 5) is 12.6. The van der Waals surface area contributed by atoms with Crippen LogP contribution in [0.2, 0.25) is 5.02 Å². The number of fused-ring (bicyclic) bond motifs is 5. The topological polar surface area (TPSA) is 35.5 Å². The molecule has 0 radical (unpaired) electrons. The molecular formula is C36H53ClNO3+. The molecule has 2 aromatic carbocycles. The number of nitrogens with zero attached hydrogens (tertiary/aromatic N) is 1. The van der Waals surface area contributed by atoms with Crippen molar-refractivity contribution in [3.8, 4) is 11.5 Å². The van der Waals surface area contributed by atoms with Gasteiger partial charge in [0.2, 0.25) is 6.73 Å². The molecule has 3 atom stereocenters. The molecule has 2 aliphatic heterocycles. The van der Waals surface area contributed by atoms with Gasteiger partial charge in [-0.1, -0.05) is 127 Å². The van der Waals surface area contributed by atoms with E-state index < -0.39 is 0 Å². The molecule has 2 aliphatic rings. The van der Waals surface area contributed by atoms with Gasteiger partial charge in [0.25, 0.3) is 0 Å². The predicted molar refractivity (Wildman–Crippen MR) is 170 cm³/mol. The minimum atomic E-state index is -0.0571. The van der Waals surface area contributed by atoms with Gasteiger partial charge in [-0.25, -0.2) is 0 Å². The number of likely N-dealkylation sites (N-methyl/N-ethyl adjacent to an activating group) is 1. The van der Waals surface area contributed by atoms with Gasteiger partial charge in [0.05, 0.1) is 20.1 Å². The van der Waals surface area contributed by atoms with Crippen LogP contribution in [0.3, 0.4) is 0 Å². The molecule has 2 aromatic rings. The molecule has 2 heterocycles. The highest BCUT2D eigenvalue weighted by Gasteiger charge is 2.48. The largest absolute Gasteiger partial charge is 0.457 e. The van der Waals surface area contributed by atoms with E-state index in [0.29, 0.717) is 23.6 Å². The van der Waals surface area contributed by atoms with Gasteiger partial charge in [0.1, 0.15) is 11.5 Å². The number of likely N-dealkylation sites (tertiary alicyclic amines) is 1. The maximum Gasteiger partial charge on any atom is 0.310 e. The molecule has 1 fully saturated rings. The van der Waals surface area contributed by atoms with E-state index in [1.54, 1.807) is 0 Å². The molecule has 0 aliphatic carbocycles. The molecule has 1 saturated heterocycles. The Morgan fingerprint density at radius 3 is 1.95 bits per heavy atom. The Labute approximate surface area is 254 Å². The second kappa shape index (κ2) is 16.6. The zero-order chi connectivity index (χ0) is 28.9. The number of carbonyl (C=O) groups excluding carboxylic acids is 1. The average molecular weight is 583 g/mol. The minimum absolute atomic E-state index is 0.0571. The highest BCUT2D eigenvalue weighted by molar-refractivity contribution is 6.30. The van der Waals surface area contributed by atoms with Gasteiger partial charge in [-0.3, -0.25) is 9.28 Å². The average Bonchev–Trinajstić information content (AvgIpc) is 3.27. The molecule has 0 bridgehead atoms. The highest BCUT2D eigenvalue weighted by Crippen LogP contribution is 2.51. The molecule has 4 rings (SSSR count). The molecule has 2 unspecified atom stereocenters. The van der Waals surface area contributed by atoms with Crippen LogP contribution in [-0.4, -0.2) is 37.3 Å². The number of para-hydroxylation sites is 1. The number of ether oxygens (including phenoxy) is 2. The van der Waals surface area contributed by atoms with E-state index in [9.17, 15) is 4.79 Å². The molecule has 226 valence electrons. The van der Waals surface area contributed by atoms with E-state index >= 15 is 0 Å². The van der Waals surface area contributed by atoms with Crippen molar-refractivity contribution in [2.75, 3.05) is 26.9 Å². The van der Waals surface area contributed by atoms with Crippen LogP contribution < -0.4 is 4.74 Å². The second-order valence-electron chi connectivity index (χ2n) is 12.9. The van der Waals surface area contributed by atoms with Crippen molar-refractivity contribution in [1.82, 2.24) is 0 Å². The Bertz CT molecular complexity index is 1090. The molecular weight excluding hydrogens is 530 g/mol. The van der Waals surface area contributed by atoms with Crippen molar-refractivity contribution in [2.45, 2.75) is 121 Å². The molecule has 5 heteroatoms. The van der Waals surface area contributed by atoms with Crippen LogP contribution in [0.4, 0.5) is 0 Å². The molecule has 4 nitrogen and oxygen atoms in total. The van der Waals surface area contributed by atoms with E-state index in [1.165, 1.54) is 89.0 Å². The lowest BCUT2D eigenvalue weighted by molar-refractivity contribution is -0.915. The molecule has 0 aromatic heterocycles. The summed E-state index contributed by atoms with van der Waals surface area (Å²) in [6.07, 6.45) is 20.4. The van der Waals surface area contributed by atoms with Gasteiger partial charge >= 0.3 is 5.97 Å². The Morgan fingerprint density at radius 2 is 1.32 bits per heavy atom. The second-order valence-corrected chi connectivity index (χ2v) is 13.3. The standard InChI is InChI=1S/C36H53ClNO3/c1-3-4-5-6-7-8-9-10-11-12-13-14-15-16-17-22-36(39)40-28-38(2)26-32-30-20-18-19-21-34(30)41-35-24-23-29(37)25-31(35)33(32)27-38/h18-21,23-25,32-33H,3-17,22,26-28H2,1-2H3/q+1/t32-,33?,38?/m0/s1. The van der Waals surface area contributed by atoms with E-state index in [-0.39, 0.29) is 11.9 Å². The number of quaternary nitrogens is 1. The van der Waals surface area contributed by atoms with Gasteiger partial charge in [-0.05, 0) is 30.7 Å². The fourth-order valence-corrected chi connectivity index (χ4v) is 7.04. The van der Waals surface area contributed by atoms with E-state index in [4.69, 9.17) is 21.1 Å². The summed E-state index contributed by atoms with van der Waals surface area (Å²) in [6.45, 7) is 4.50. The summed E-state index contributed by atoms with van der Waals surface area (Å²) < 4.78 is 12.9. The molecule has 0 amide bonds. The number of esters is 1. The summed E-state index contributed by atoms with van der Waals surface area (Å²) in [5, 5.41) is 0.730. The predicted octanol–water partition coefficient (Wildman–Crippen LogP) is 10.5. The van der Waals surface area contributed by atoms with Gasteiger partial charge in [0, 0.05) is 34.4 Å². The highest BCUT2D eigenvalue weighted by atomic mass is 35.5. The van der Waals surface area contributed by atoms with Crippen LogP contribution in [0.15, 0.2) is 42.5 Å². The van der Waals surface area contributed by atoms with Crippen LogP contribution in [0.5, 0.6) is 11.5 Å². The molecule has 41 heavy (non-hydrogen) atoms. The monoisotopic (exact) mass is 582 g/mol. The number of carbonyl (C=O) groups is 1. The molecule has 0 N–H and O–H groups in total. The summed E-state index contributed by atoms with van der Waals surface area (Å²) in [7, 11) is 2.21. The quantitative estimate of drug-likeness (QED) is 0.0996. The van der Waals surface area contributed by atoms with Crippen molar-refractivity contribution in [3.63, 3.8) is 0 Å². The third-order valence-corrected chi connectivity index (χ3v) is 9.43. The third kappa shape index (κ3) is 9.75. The fraction of sp³-hybridized carbons (Fsp3) is 0.639. The number of hydrogen-bond donors (Lipinski definition) is 0. The van der Waals surface area contributed by atoms with E-state index in [0.717, 1.165) is 48.0 Å². The molecule has 0 spiro atoms. The normalized spacial score (nSPS) is 21.0. The third-order valence-electron chi connectivity index (χ3n) is 9.19. The smallest absolute Gasteiger partial charge is 0.310 e. The van der Waals surface area contributed by atoms with Gasteiger partial charge < -0.3 is 9.47 Å². The Morgan fingerprint density at radius 1 is 0.780 bits per heavy atom. The Hall–Kier alpha value is -2.04. The van der Waals surface area contributed by atoms with Crippen molar-refractivity contribution >= 4 is 17.6 Å². The lowest BCUT2D eigenvalue weighted by atomic mass is 9.84. The van der Waals surface area contributed by atoms with Crippen LogP contribution in [0.25, 0.3) is 0 Å². The van der Waals surface area contributed by atoms with E-state index in [1.807, 2.05) is 18.2 Å². The van der Waals surface area contributed by atoms with Gasteiger partial charge in [-0.15, -0.1) is 0 Å². The number of halogens is 1. The Kier molecular flexibility index (Phi) is 12.9. The lowest BCUT2D eigenvalue weighted by Crippen LogP contribution is -2.44. The van der Waals surface area contributed by atoms with Crippen LogP contribution in [0.1, 0.15) is 133 Å².